The number of rotatable bonds is 4. The first-order valence-corrected chi connectivity index (χ1v) is 7.44. The Hall–Kier alpha value is -0.910. The molecule has 0 radical (unpaired) electrons. The molecule has 2 rings (SSSR count). The summed E-state index contributed by atoms with van der Waals surface area (Å²) >= 11 is 5.23. The van der Waals surface area contributed by atoms with Gasteiger partial charge in [-0.25, -0.2) is 4.98 Å². The largest absolute Gasteiger partial charge is 0.368 e. The molecule has 18 heavy (non-hydrogen) atoms. The minimum atomic E-state index is 0.0548. The number of aromatic nitrogens is 1. The third kappa shape index (κ3) is 3.10. The van der Waals surface area contributed by atoms with Crippen LogP contribution >= 0.6 is 27.3 Å². The van der Waals surface area contributed by atoms with Gasteiger partial charge in [-0.15, -0.1) is 11.3 Å². The van der Waals surface area contributed by atoms with Crippen LogP contribution in [0.1, 0.15) is 24.2 Å². The highest BCUT2D eigenvalue weighted by Crippen LogP contribution is 2.29. The van der Waals surface area contributed by atoms with E-state index in [2.05, 4.69) is 56.4 Å². The maximum Gasteiger partial charge on any atom is 0.0795 e. The van der Waals surface area contributed by atoms with E-state index in [4.69, 9.17) is 5.73 Å². The summed E-state index contributed by atoms with van der Waals surface area (Å²) in [7, 11) is 2.06. The standard InChI is InChI=1S/C13H16BrN3S/c1-9(15)10-3-4-13(12(14)5-10)17(2)6-11-7-18-8-16-11/h3-5,7-9H,6,15H2,1-2H3/t9-/m0/s1. The number of hydrogen-bond acceptors (Lipinski definition) is 4. The Labute approximate surface area is 120 Å². The number of halogens is 1. The summed E-state index contributed by atoms with van der Waals surface area (Å²) in [5, 5.41) is 2.07. The highest BCUT2D eigenvalue weighted by molar-refractivity contribution is 9.10. The molecule has 3 nitrogen and oxygen atoms in total. The van der Waals surface area contributed by atoms with Crippen molar-refractivity contribution in [1.82, 2.24) is 4.98 Å². The Balaban J connectivity index is 2.17. The summed E-state index contributed by atoms with van der Waals surface area (Å²) in [6.45, 7) is 2.79. The highest BCUT2D eigenvalue weighted by atomic mass is 79.9. The number of benzene rings is 1. The van der Waals surface area contributed by atoms with E-state index in [1.54, 1.807) is 11.3 Å². The van der Waals surface area contributed by atoms with Gasteiger partial charge in [0.25, 0.3) is 0 Å². The van der Waals surface area contributed by atoms with Crippen molar-refractivity contribution in [2.75, 3.05) is 11.9 Å². The maximum atomic E-state index is 5.88. The second-order valence-corrected chi connectivity index (χ2v) is 5.91. The molecule has 0 unspecified atom stereocenters. The second kappa shape index (κ2) is 5.82. The molecule has 96 valence electrons. The summed E-state index contributed by atoms with van der Waals surface area (Å²) in [5.41, 5.74) is 11.1. The fourth-order valence-corrected chi connectivity index (χ4v) is 3.01. The summed E-state index contributed by atoms with van der Waals surface area (Å²) in [6.07, 6.45) is 0. The van der Waals surface area contributed by atoms with Crippen molar-refractivity contribution in [2.45, 2.75) is 19.5 Å². The van der Waals surface area contributed by atoms with Gasteiger partial charge in [0.1, 0.15) is 0 Å². The molecule has 2 N–H and O–H groups in total. The minimum Gasteiger partial charge on any atom is -0.368 e. The van der Waals surface area contributed by atoms with Gasteiger partial charge < -0.3 is 10.6 Å². The molecule has 0 fully saturated rings. The molecule has 0 aliphatic heterocycles. The quantitative estimate of drug-likeness (QED) is 0.934. The van der Waals surface area contributed by atoms with Crippen molar-refractivity contribution in [1.29, 1.82) is 0 Å². The first-order valence-electron chi connectivity index (χ1n) is 5.71. The molecular weight excluding hydrogens is 310 g/mol. The molecule has 0 aliphatic carbocycles. The summed E-state index contributed by atoms with van der Waals surface area (Å²) in [4.78, 5) is 6.47. The zero-order valence-corrected chi connectivity index (χ0v) is 12.8. The molecule has 0 amide bonds. The second-order valence-electron chi connectivity index (χ2n) is 4.34. The lowest BCUT2D eigenvalue weighted by molar-refractivity contribution is 0.815. The number of thiazole rings is 1. The zero-order valence-electron chi connectivity index (χ0n) is 10.4. The van der Waals surface area contributed by atoms with Crippen LogP contribution in [0.5, 0.6) is 0 Å². The van der Waals surface area contributed by atoms with E-state index < -0.39 is 0 Å². The third-order valence-corrected chi connectivity index (χ3v) is 4.06. The van der Waals surface area contributed by atoms with Crippen molar-refractivity contribution in [3.8, 4) is 0 Å². The number of nitrogens with two attached hydrogens (primary N) is 1. The Morgan fingerprint density at radius 1 is 1.50 bits per heavy atom. The fraction of sp³-hybridized carbons (Fsp3) is 0.308. The molecule has 0 bridgehead atoms. The van der Waals surface area contributed by atoms with Gasteiger partial charge >= 0.3 is 0 Å². The van der Waals surface area contributed by atoms with E-state index in [1.165, 1.54) is 0 Å². The van der Waals surface area contributed by atoms with Crippen LogP contribution in [0.15, 0.2) is 33.6 Å². The molecule has 0 saturated heterocycles. The normalized spacial score (nSPS) is 12.4. The Morgan fingerprint density at radius 3 is 2.83 bits per heavy atom. The summed E-state index contributed by atoms with van der Waals surface area (Å²) < 4.78 is 1.06. The van der Waals surface area contributed by atoms with Crippen molar-refractivity contribution in [3.63, 3.8) is 0 Å². The monoisotopic (exact) mass is 325 g/mol. The van der Waals surface area contributed by atoms with Gasteiger partial charge in [-0.05, 0) is 40.5 Å². The van der Waals surface area contributed by atoms with Gasteiger partial charge in [0.2, 0.25) is 0 Å². The molecule has 1 heterocycles. The van der Waals surface area contributed by atoms with E-state index in [0.717, 1.165) is 28.0 Å². The lowest BCUT2D eigenvalue weighted by Crippen LogP contribution is -2.17. The van der Waals surface area contributed by atoms with E-state index >= 15 is 0 Å². The molecule has 0 aliphatic rings. The lowest BCUT2D eigenvalue weighted by atomic mass is 10.1. The zero-order chi connectivity index (χ0) is 13.1. The van der Waals surface area contributed by atoms with Gasteiger partial charge in [0.05, 0.1) is 23.4 Å². The van der Waals surface area contributed by atoms with Gasteiger partial charge in [-0.1, -0.05) is 6.07 Å². The van der Waals surface area contributed by atoms with Gasteiger partial charge in [0, 0.05) is 22.9 Å². The van der Waals surface area contributed by atoms with Gasteiger partial charge in [-0.2, -0.15) is 0 Å². The highest BCUT2D eigenvalue weighted by Gasteiger charge is 2.09. The van der Waals surface area contributed by atoms with Crippen LogP contribution < -0.4 is 10.6 Å². The smallest absolute Gasteiger partial charge is 0.0795 e. The third-order valence-electron chi connectivity index (χ3n) is 2.79. The van der Waals surface area contributed by atoms with Crippen LogP contribution in [0.25, 0.3) is 0 Å². The van der Waals surface area contributed by atoms with E-state index in [9.17, 15) is 0 Å². The average Bonchev–Trinajstić information content (AvgIpc) is 2.81. The van der Waals surface area contributed by atoms with Crippen molar-refractivity contribution in [3.05, 3.63) is 44.8 Å². The van der Waals surface area contributed by atoms with Crippen molar-refractivity contribution in [2.24, 2.45) is 5.73 Å². The molecule has 1 aromatic heterocycles. The van der Waals surface area contributed by atoms with Crippen LogP contribution in [0.2, 0.25) is 0 Å². The Kier molecular flexibility index (Phi) is 4.37. The molecule has 1 atom stereocenters. The van der Waals surface area contributed by atoms with Crippen LogP contribution in [0.3, 0.4) is 0 Å². The fourth-order valence-electron chi connectivity index (χ4n) is 1.76. The van der Waals surface area contributed by atoms with Gasteiger partial charge in [-0.3, -0.25) is 0 Å². The van der Waals surface area contributed by atoms with Crippen LogP contribution in [0.4, 0.5) is 5.69 Å². The number of nitrogens with zero attached hydrogens (tertiary/aromatic N) is 2. The maximum absolute atomic E-state index is 5.88. The first-order chi connectivity index (χ1) is 8.58. The minimum absolute atomic E-state index is 0.0548. The SMILES string of the molecule is C[C@H](N)c1ccc(N(C)Cc2cscn2)c(Br)c1. The van der Waals surface area contributed by atoms with Gasteiger partial charge in [0.15, 0.2) is 0 Å². The molecule has 5 heteroatoms. The van der Waals surface area contributed by atoms with Crippen molar-refractivity contribution >= 4 is 33.0 Å². The van der Waals surface area contributed by atoms with Crippen LogP contribution in [-0.2, 0) is 6.54 Å². The first kappa shape index (κ1) is 13.5. The molecule has 2 aromatic rings. The topological polar surface area (TPSA) is 42.1 Å². The number of hydrogen-bond donors (Lipinski definition) is 1. The van der Waals surface area contributed by atoms with E-state index in [-0.39, 0.29) is 6.04 Å². The summed E-state index contributed by atoms with van der Waals surface area (Å²) in [5.74, 6) is 0. The summed E-state index contributed by atoms with van der Waals surface area (Å²) in [6, 6.07) is 6.30. The average molecular weight is 326 g/mol. The molecule has 1 aromatic carbocycles. The Bertz CT molecular complexity index is 511. The van der Waals surface area contributed by atoms with E-state index in [1.807, 2.05) is 12.4 Å². The van der Waals surface area contributed by atoms with Crippen LogP contribution in [-0.4, -0.2) is 12.0 Å². The lowest BCUT2D eigenvalue weighted by Gasteiger charge is -2.20. The molecular formula is C13H16BrN3S. The molecule has 0 spiro atoms. The number of anilines is 1. The predicted molar refractivity (Wildman–Crippen MR) is 81.0 cm³/mol. The van der Waals surface area contributed by atoms with E-state index in [0.29, 0.717) is 0 Å². The Morgan fingerprint density at radius 2 is 2.28 bits per heavy atom. The predicted octanol–water partition coefficient (Wildman–Crippen LogP) is 3.56. The van der Waals surface area contributed by atoms with Crippen molar-refractivity contribution < 1.29 is 0 Å². The van der Waals surface area contributed by atoms with Crippen LogP contribution in [0, 0.1) is 0 Å². The molecule has 0 saturated carbocycles.